The van der Waals surface area contributed by atoms with E-state index < -0.39 is 12.2 Å². The van der Waals surface area contributed by atoms with Gasteiger partial charge in [0.1, 0.15) is 6.10 Å². The predicted molar refractivity (Wildman–Crippen MR) is 52.6 cm³/mol. The Morgan fingerprint density at radius 1 is 1.47 bits per heavy atom. The maximum Gasteiger partial charge on any atom is 0.404 e. The zero-order chi connectivity index (χ0) is 11.3. The molecule has 1 heterocycles. The number of ether oxygens (including phenoxy) is 1. The van der Waals surface area contributed by atoms with Gasteiger partial charge in [0.15, 0.2) is 0 Å². The maximum atomic E-state index is 11.4. The minimum absolute atomic E-state index is 0.119. The molecule has 1 aliphatic rings. The lowest BCUT2D eigenvalue weighted by molar-refractivity contribution is -0.136. The van der Waals surface area contributed by atoms with E-state index in [-0.39, 0.29) is 18.6 Å². The van der Waals surface area contributed by atoms with Crippen molar-refractivity contribution in [2.75, 3.05) is 13.2 Å². The number of carbonyl (C=O) groups excluding carboxylic acids is 1. The lowest BCUT2D eigenvalue weighted by Crippen LogP contribution is -2.46. The van der Waals surface area contributed by atoms with Crippen LogP contribution in [0.15, 0.2) is 0 Å². The smallest absolute Gasteiger partial charge is 0.404 e. The fraction of sp³-hybridized carbons (Fsp3) is 0.778. The van der Waals surface area contributed by atoms with Crippen molar-refractivity contribution >= 4 is 12.0 Å². The third kappa shape index (κ3) is 3.75. The Bertz CT molecular complexity index is 236. The zero-order valence-corrected chi connectivity index (χ0v) is 8.66. The van der Waals surface area contributed by atoms with Crippen molar-refractivity contribution in [3.8, 4) is 0 Å². The molecule has 1 saturated heterocycles. The molecule has 1 rings (SSSR count). The highest BCUT2D eigenvalue weighted by Crippen LogP contribution is 2.13. The second-order valence-electron chi connectivity index (χ2n) is 3.44. The Balaban J connectivity index is 2.29. The van der Waals surface area contributed by atoms with Gasteiger partial charge in [-0.25, -0.2) is 4.79 Å². The van der Waals surface area contributed by atoms with E-state index in [1.54, 1.807) is 0 Å². The SMILES string of the molecule is CCNC(=O)[C@@H]1CC[C@@H](NC(=O)O)CO1. The molecule has 0 aromatic carbocycles. The predicted octanol–water partition coefficient (Wildman–Crippen LogP) is -0.0623. The van der Waals surface area contributed by atoms with E-state index in [9.17, 15) is 9.59 Å². The van der Waals surface area contributed by atoms with Gasteiger partial charge in [-0.1, -0.05) is 0 Å². The lowest BCUT2D eigenvalue weighted by atomic mass is 10.0. The Hall–Kier alpha value is -1.30. The minimum Gasteiger partial charge on any atom is -0.465 e. The molecule has 0 aliphatic carbocycles. The average molecular weight is 216 g/mol. The average Bonchev–Trinajstić information content (AvgIpc) is 2.18. The number of carbonyl (C=O) groups is 2. The third-order valence-corrected chi connectivity index (χ3v) is 2.25. The summed E-state index contributed by atoms with van der Waals surface area (Å²) in [5.74, 6) is -0.119. The summed E-state index contributed by atoms with van der Waals surface area (Å²) in [6.07, 6.45) is -0.304. The van der Waals surface area contributed by atoms with Crippen LogP contribution < -0.4 is 10.6 Å². The van der Waals surface area contributed by atoms with Gasteiger partial charge in [-0.05, 0) is 19.8 Å². The highest BCUT2D eigenvalue weighted by molar-refractivity contribution is 5.80. The van der Waals surface area contributed by atoms with Crippen molar-refractivity contribution in [3.63, 3.8) is 0 Å². The standard InChI is InChI=1S/C9H16N2O4/c1-2-10-8(12)7-4-3-6(5-15-7)11-9(13)14/h6-7,11H,2-5H2,1H3,(H,10,12)(H,13,14)/t6-,7+/m1/s1. The molecule has 2 amide bonds. The van der Waals surface area contributed by atoms with Crippen molar-refractivity contribution in [1.29, 1.82) is 0 Å². The van der Waals surface area contributed by atoms with E-state index in [4.69, 9.17) is 9.84 Å². The van der Waals surface area contributed by atoms with Gasteiger partial charge in [0.05, 0.1) is 12.6 Å². The van der Waals surface area contributed by atoms with Gasteiger partial charge in [0.25, 0.3) is 0 Å². The monoisotopic (exact) mass is 216 g/mol. The fourth-order valence-electron chi connectivity index (χ4n) is 1.53. The highest BCUT2D eigenvalue weighted by atomic mass is 16.5. The molecular weight excluding hydrogens is 200 g/mol. The normalized spacial score (nSPS) is 25.7. The van der Waals surface area contributed by atoms with Crippen LogP contribution in [0.1, 0.15) is 19.8 Å². The number of carboxylic acid groups (broad SMARTS) is 1. The van der Waals surface area contributed by atoms with Gasteiger partial charge in [0.2, 0.25) is 5.91 Å². The molecule has 0 radical (unpaired) electrons. The molecule has 0 bridgehead atoms. The summed E-state index contributed by atoms with van der Waals surface area (Å²) >= 11 is 0. The quantitative estimate of drug-likeness (QED) is 0.616. The van der Waals surface area contributed by atoms with Gasteiger partial charge in [-0.15, -0.1) is 0 Å². The summed E-state index contributed by atoms with van der Waals surface area (Å²) in [6.45, 7) is 2.68. The first kappa shape index (κ1) is 11.8. The lowest BCUT2D eigenvalue weighted by Gasteiger charge is -2.27. The van der Waals surface area contributed by atoms with E-state index in [1.807, 2.05) is 6.92 Å². The van der Waals surface area contributed by atoms with Crippen LogP contribution >= 0.6 is 0 Å². The molecule has 0 unspecified atom stereocenters. The third-order valence-electron chi connectivity index (χ3n) is 2.25. The summed E-state index contributed by atoms with van der Waals surface area (Å²) in [4.78, 5) is 21.7. The Kier molecular flexibility index (Phi) is 4.36. The first-order chi connectivity index (χ1) is 7.13. The van der Waals surface area contributed by atoms with E-state index >= 15 is 0 Å². The molecule has 6 nitrogen and oxygen atoms in total. The molecule has 3 N–H and O–H groups in total. The van der Waals surface area contributed by atoms with Crippen LogP contribution in [0.4, 0.5) is 4.79 Å². The van der Waals surface area contributed by atoms with Crippen molar-refractivity contribution < 1.29 is 19.4 Å². The van der Waals surface area contributed by atoms with Crippen LogP contribution in [-0.4, -0.2) is 42.4 Å². The van der Waals surface area contributed by atoms with Gasteiger partial charge < -0.3 is 20.5 Å². The van der Waals surface area contributed by atoms with Crippen LogP contribution in [0.25, 0.3) is 0 Å². The topological polar surface area (TPSA) is 87.7 Å². The van der Waals surface area contributed by atoms with E-state index in [1.165, 1.54) is 0 Å². The number of amides is 2. The summed E-state index contributed by atoms with van der Waals surface area (Å²) < 4.78 is 5.27. The Morgan fingerprint density at radius 3 is 2.67 bits per heavy atom. The molecule has 6 heteroatoms. The number of nitrogens with one attached hydrogen (secondary N) is 2. The van der Waals surface area contributed by atoms with Crippen molar-refractivity contribution in [2.45, 2.75) is 31.9 Å². The molecule has 86 valence electrons. The maximum absolute atomic E-state index is 11.4. The van der Waals surface area contributed by atoms with E-state index in [0.29, 0.717) is 19.4 Å². The zero-order valence-electron chi connectivity index (χ0n) is 8.66. The van der Waals surface area contributed by atoms with Crippen molar-refractivity contribution in [2.24, 2.45) is 0 Å². The first-order valence-electron chi connectivity index (χ1n) is 5.02. The van der Waals surface area contributed by atoms with Crippen LogP contribution in [0.3, 0.4) is 0 Å². The minimum atomic E-state index is -1.06. The molecule has 0 spiro atoms. The summed E-state index contributed by atoms with van der Waals surface area (Å²) in [5.41, 5.74) is 0. The van der Waals surface area contributed by atoms with Crippen LogP contribution in [0.5, 0.6) is 0 Å². The number of hydrogen-bond donors (Lipinski definition) is 3. The number of likely N-dealkylation sites (N-methyl/N-ethyl adjacent to an activating group) is 1. The molecule has 1 fully saturated rings. The Labute approximate surface area is 88.0 Å². The summed E-state index contributed by atoms with van der Waals surface area (Å²) in [5, 5.41) is 13.5. The first-order valence-corrected chi connectivity index (χ1v) is 5.02. The molecule has 15 heavy (non-hydrogen) atoms. The number of hydrogen-bond acceptors (Lipinski definition) is 3. The van der Waals surface area contributed by atoms with Gasteiger partial charge in [-0.2, -0.15) is 0 Å². The fourth-order valence-corrected chi connectivity index (χ4v) is 1.53. The summed E-state index contributed by atoms with van der Waals surface area (Å²) in [6, 6.07) is -0.201. The van der Waals surface area contributed by atoms with Gasteiger partial charge >= 0.3 is 6.09 Å². The van der Waals surface area contributed by atoms with Gasteiger partial charge in [-0.3, -0.25) is 4.79 Å². The number of rotatable bonds is 3. The Morgan fingerprint density at radius 2 is 2.20 bits per heavy atom. The molecule has 0 aromatic heterocycles. The van der Waals surface area contributed by atoms with E-state index in [2.05, 4.69) is 10.6 Å². The second kappa shape index (κ2) is 5.55. The van der Waals surface area contributed by atoms with E-state index in [0.717, 1.165) is 0 Å². The highest BCUT2D eigenvalue weighted by Gasteiger charge is 2.27. The van der Waals surface area contributed by atoms with Crippen LogP contribution in [-0.2, 0) is 9.53 Å². The van der Waals surface area contributed by atoms with Crippen LogP contribution in [0.2, 0.25) is 0 Å². The molecule has 1 aliphatic heterocycles. The van der Waals surface area contributed by atoms with Crippen LogP contribution in [0, 0.1) is 0 Å². The second-order valence-corrected chi connectivity index (χ2v) is 3.44. The van der Waals surface area contributed by atoms with Crippen molar-refractivity contribution in [3.05, 3.63) is 0 Å². The molecule has 0 aromatic rings. The van der Waals surface area contributed by atoms with Crippen molar-refractivity contribution in [1.82, 2.24) is 10.6 Å². The molecule has 2 atom stereocenters. The molecular formula is C9H16N2O4. The summed E-state index contributed by atoms with van der Waals surface area (Å²) in [7, 11) is 0. The largest absolute Gasteiger partial charge is 0.465 e. The molecule has 0 saturated carbocycles. The van der Waals surface area contributed by atoms with Gasteiger partial charge in [0, 0.05) is 6.54 Å².